The summed E-state index contributed by atoms with van der Waals surface area (Å²) >= 11 is 1.81. The van der Waals surface area contributed by atoms with Crippen molar-refractivity contribution < 1.29 is 9.15 Å². The number of nitrogens with one attached hydrogen (secondary N) is 1. The van der Waals surface area contributed by atoms with Gasteiger partial charge in [-0.1, -0.05) is 0 Å². The number of fused-ring (bicyclic) bond motifs is 3. The van der Waals surface area contributed by atoms with Gasteiger partial charge in [-0.25, -0.2) is 9.97 Å². The Morgan fingerprint density at radius 2 is 2.17 bits per heavy atom. The van der Waals surface area contributed by atoms with Gasteiger partial charge in [0.05, 0.1) is 11.6 Å². The van der Waals surface area contributed by atoms with E-state index < -0.39 is 0 Å². The zero-order valence-electron chi connectivity index (χ0n) is 16.1. The molecule has 0 aromatic carbocycles. The van der Waals surface area contributed by atoms with Gasteiger partial charge in [0.25, 0.3) is 0 Å². The number of nitrogens with zero attached hydrogens (tertiary/aromatic N) is 3. The van der Waals surface area contributed by atoms with Gasteiger partial charge in [0.2, 0.25) is 0 Å². The zero-order valence-corrected chi connectivity index (χ0v) is 16.9. The molecule has 148 valence electrons. The fourth-order valence-corrected chi connectivity index (χ4v) is 4.96. The number of aromatic nitrogens is 3. The van der Waals surface area contributed by atoms with E-state index >= 15 is 0 Å². The number of hydrogen-bond donors (Lipinski definition) is 1. The lowest BCUT2D eigenvalue weighted by Crippen LogP contribution is -2.08. The molecule has 4 aromatic rings. The summed E-state index contributed by atoms with van der Waals surface area (Å²) in [5.74, 6) is 2.51. The van der Waals surface area contributed by atoms with Crippen molar-refractivity contribution in [3.63, 3.8) is 0 Å². The largest absolute Gasteiger partial charge is 0.467 e. The molecule has 0 radical (unpaired) electrons. The Balaban J connectivity index is 1.32. The second-order valence-electron chi connectivity index (χ2n) is 7.09. The molecular formula is C22H22N4O2S. The molecule has 6 nitrogen and oxygen atoms in total. The molecule has 29 heavy (non-hydrogen) atoms. The zero-order chi connectivity index (χ0) is 19.5. The molecule has 4 aromatic heterocycles. The van der Waals surface area contributed by atoms with Gasteiger partial charge in [-0.15, -0.1) is 11.3 Å². The van der Waals surface area contributed by atoms with E-state index in [4.69, 9.17) is 19.1 Å². The molecule has 1 N–H and O–H groups in total. The second-order valence-corrected chi connectivity index (χ2v) is 8.17. The molecule has 0 atom stereocenters. The first kappa shape index (κ1) is 18.3. The first-order chi connectivity index (χ1) is 14.4. The van der Waals surface area contributed by atoms with Crippen LogP contribution in [-0.2, 0) is 24.2 Å². The van der Waals surface area contributed by atoms with Gasteiger partial charge >= 0.3 is 0 Å². The summed E-state index contributed by atoms with van der Waals surface area (Å²) < 4.78 is 11.0. The summed E-state index contributed by atoms with van der Waals surface area (Å²) in [6, 6.07) is 7.72. The SMILES string of the molecule is c1cncc(-c2nc(NCCCOCc3ccco3)c3c4c(sc3n2)CCC4)c1. The fraction of sp³-hybridized carbons (Fsp3) is 0.318. The maximum atomic E-state index is 5.68. The van der Waals surface area contributed by atoms with Crippen LogP contribution < -0.4 is 5.32 Å². The van der Waals surface area contributed by atoms with Gasteiger partial charge in [-0.2, -0.15) is 0 Å². The van der Waals surface area contributed by atoms with Gasteiger partial charge in [-0.05, 0) is 55.5 Å². The number of rotatable bonds is 8. The highest BCUT2D eigenvalue weighted by atomic mass is 32.1. The minimum Gasteiger partial charge on any atom is -0.467 e. The van der Waals surface area contributed by atoms with E-state index in [9.17, 15) is 0 Å². The topological polar surface area (TPSA) is 73.1 Å². The highest BCUT2D eigenvalue weighted by Crippen LogP contribution is 2.40. The van der Waals surface area contributed by atoms with Gasteiger partial charge in [0.15, 0.2) is 5.82 Å². The summed E-state index contributed by atoms with van der Waals surface area (Å²) in [7, 11) is 0. The standard InChI is InChI=1S/C22H22N4O2S/c1-7-17-18(8-1)29-22-19(17)21(25-20(26-22)15-5-2-9-23-13-15)24-10-4-11-27-14-16-6-3-12-28-16/h2-3,5-6,9,12-13H,1,4,7-8,10-11,14H2,(H,24,25,26). The molecule has 0 saturated carbocycles. The van der Waals surface area contributed by atoms with Crippen LogP contribution >= 0.6 is 11.3 Å². The molecule has 0 amide bonds. The van der Waals surface area contributed by atoms with Gasteiger partial charge in [-0.3, -0.25) is 4.98 Å². The first-order valence-corrected chi connectivity index (χ1v) is 10.8. The average Bonchev–Trinajstić information content (AvgIpc) is 3.48. The number of anilines is 1. The molecule has 5 rings (SSSR count). The van der Waals surface area contributed by atoms with E-state index in [1.54, 1.807) is 12.5 Å². The van der Waals surface area contributed by atoms with Crippen molar-refractivity contribution >= 4 is 27.4 Å². The number of hydrogen-bond acceptors (Lipinski definition) is 7. The predicted octanol–water partition coefficient (Wildman–Crippen LogP) is 4.85. The Hall–Kier alpha value is -2.77. The molecule has 1 aliphatic rings. The number of ether oxygens (including phenoxy) is 1. The lowest BCUT2D eigenvalue weighted by molar-refractivity contribution is 0.106. The Morgan fingerprint density at radius 3 is 3.03 bits per heavy atom. The van der Waals surface area contributed by atoms with Crippen LogP contribution in [0, 0.1) is 0 Å². The first-order valence-electron chi connectivity index (χ1n) is 9.95. The number of aryl methyl sites for hydroxylation is 2. The van der Waals surface area contributed by atoms with Crippen molar-refractivity contribution in [2.24, 2.45) is 0 Å². The van der Waals surface area contributed by atoms with E-state index in [1.807, 2.05) is 41.8 Å². The predicted molar refractivity (Wildman–Crippen MR) is 114 cm³/mol. The third-order valence-corrected chi connectivity index (χ3v) is 6.25. The molecule has 0 unspecified atom stereocenters. The molecule has 7 heteroatoms. The molecule has 1 aliphatic carbocycles. The summed E-state index contributed by atoms with van der Waals surface area (Å²) in [6.07, 6.45) is 9.63. The maximum absolute atomic E-state index is 5.68. The van der Waals surface area contributed by atoms with E-state index in [2.05, 4.69) is 10.3 Å². The van der Waals surface area contributed by atoms with Crippen molar-refractivity contribution in [2.45, 2.75) is 32.3 Å². The molecule has 0 saturated heterocycles. The summed E-state index contributed by atoms with van der Waals surface area (Å²) in [4.78, 5) is 16.5. The monoisotopic (exact) mass is 406 g/mol. The summed E-state index contributed by atoms with van der Waals surface area (Å²) in [6.45, 7) is 1.97. The van der Waals surface area contributed by atoms with Crippen molar-refractivity contribution in [1.29, 1.82) is 0 Å². The van der Waals surface area contributed by atoms with Crippen LogP contribution in [0.2, 0.25) is 0 Å². The van der Waals surface area contributed by atoms with Crippen LogP contribution in [0.1, 0.15) is 29.0 Å². The van der Waals surface area contributed by atoms with E-state index in [1.165, 1.54) is 22.2 Å². The summed E-state index contributed by atoms with van der Waals surface area (Å²) in [5.41, 5.74) is 2.37. The van der Waals surface area contributed by atoms with Crippen LogP contribution in [0.5, 0.6) is 0 Å². The van der Waals surface area contributed by atoms with Crippen LogP contribution in [0.3, 0.4) is 0 Å². The highest BCUT2D eigenvalue weighted by molar-refractivity contribution is 7.19. The van der Waals surface area contributed by atoms with Gasteiger partial charge in [0.1, 0.15) is 23.0 Å². The second kappa shape index (κ2) is 8.31. The maximum Gasteiger partial charge on any atom is 0.164 e. The Bertz CT molecular complexity index is 1090. The minimum atomic E-state index is 0.508. The normalized spacial score (nSPS) is 13.1. The van der Waals surface area contributed by atoms with E-state index in [-0.39, 0.29) is 0 Å². The fourth-order valence-electron chi connectivity index (χ4n) is 3.70. The Labute approximate surface area is 173 Å². The third kappa shape index (κ3) is 3.88. The van der Waals surface area contributed by atoms with Crippen molar-refractivity contribution in [3.8, 4) is 11.4 Å². The smallest absolute Gasteiger partial charge is 0.164 e. The Kier molecular flexibility index (Phi) is 5.23. The highest BCUT2D eigenvalue weighted by Gasteiger charge is 2.22. The number of furan rings is 1. The molecule has 0 spiro atoms. The number of pyridine rings is 1. The van der Waals surface area contributed by atoms with Crippen LogP contribution in [0.25, 0.3) is 21.6 Å². The molecule has 4 heterocycles. The molecule has 0 fully saturated rings. The molecular weight excluding hydrogens is 384 g/mol. The Morgan fingerprint density at radius 1 is 1.17 bits per heavy atom. The minimum absolute atomic E-state index is 0.508. The van der Waals surface area contributed by atoms with E-state index in [0.29, 0.717) is 13.2 Å². The summed E-state index contributed by atoms with van der Waals surface area (Å²) in [5, 5.41) is 4.74. The van der Waals surface area contributed by atoms with Crippen molar-refractivity contribution in [3.05, 3.63) is 59.1 Å². The molecule has 0 aliphatic heterocycles. The van der Waals surface area contributed by atoms with Gasteiger partial charge in [0, 0.05) is 36.0 Å². The van der Waals surface area contributed by atoms with Gasteiger partial charge < -0.3 is 14.5 Å². The van der Waals surface area contributed by atoms with Crippen molar-refractivity contribution in [1.82, 2.24) is 15.0 Å². The van der Waals surface area contributed by atoms with E-state index in [0.717, 1.165) is 53.6 Å². The van der Waals surface area contributed by atoms with Crippen LogP contribution in [0.4, 0.5) is 5.82 Å². The number of thiophene rings is 1. The van der Waals surface area contributed by atoms with Crippen LogP contribution in [-0.4, -0.2) is 28.1 Å². The van der Waals surface area contributed by atoms with Crippen LogP contribution in [0.15, 0.2) is 47.3 Å². The average molecular weight is 407 g/mol. The third-order valence-electron chi connectivity index (χ3n) is 5.07. The quantitative estimate of drug-likeness (QED) is 0.422. The lowest BCUT2D eigenvalue weighted by atomic mass is 10.2. The van der Waals surface area contributed by atoms with Crippen molar-refractivity contribution in [2.75, 3.05) is 18.5 Å². The molecule has 0 bridgehead atoms. The lowest BCUT2D eigenvalue weighted by Gasteiger charge is -2.10.